The van der Waals surface area contributed by atoms with Crippen molar-refractivity contribution >= 4 is 21.8 Å². The molecule has 4 nitrogen and oxygen atoms in total. The standard InChI is InChI=1S/C15H20BrN3O/c16-13-3-1-2-12(10-13)15(20)19-8-6-18(7-9-19)14-4-5-17-11-14/h1-3,10,14,17H,4-9,11H2. The molecule has 1 aromatic rings. The van der Waals surface area contributed by atoms with Crippen molar-refractivity contribution in [1.82, 2.24) is 15.1 Å². The Morgan fingerprint density at radius 3 is 2.70 bits per heavy atom. The zero-order valence-corrected chi connectivity index (χ0v) is 13.1. The zero-order valence-electron chi connectivity index (χ0n) is 11.5. The lowest BCUT2D eigenvalue weighted by Crippen LogP contribution is -2.52. The highest BCUT2D eigenvalue weighted by molar-refractivity contribution is 9.10. The lowest BCUT2D eigenvalue weighted by atomic mass is 10.1. The normalized spacial score (nSPS) is 24.1. The number of nitrogens with one attached hydrogen (secondary N) is 1. The summed E-state index contributed by atoms with van der Waals surface area (Å²) in [5.74, 6) is 0.149. The van der Waals surface area contributed by atoms with Crippen molar-refractivity contribution in [1.29, 1.82) is 0 Å². The number of carbonyl (C=O) groups excluding carboxylic acids is 1. The van der Waals surface area contributed by atoms with E-state index in [0.717, 1.165) is 49.3 Å². The first-order valence-electron chi connectivity index (χ1n) is 7.23. The minimum absolute atomic E-state index is 0.149. The third kappa shape index (κ3) is 3.05. The van der Waals surface area contributed by atoms with Gasteiger partial charge in [0.1, 0.15) is 0 Å². The highest BCUT2D eigenvalue weighted by Gasteiger charge is 2.28. The summed E-state index contributed by atoms with van der Waals surface area (Å²) in [4.78, 5) is 16.9. The van der Waals surface area contributed by atoms with Gasteiger partial charge in [0.15, 0.2) is 0 Å². The van der Waals surface area contributed by atoms with Crippen LogP contribution in [0.25, 0.3) is 0 Å². The molecule has 0 aromatic heterocycles. The number of nitrogens with zero attached hydrogens (tertiary/aromatic N) is 2. The Hall–Kier alpha value is -0.910. The molecule has 2 aliphatic heterocycles. The van der Waals surface area contributed by atoms with Crippen molar-refractivity contribution < 1.29 is 4.79 Å². The quantitative estimate of drug-likeness (QED) is 0.889. The Morgan fingerprint density at radius 1 is 1.25 bits per heavy atom. The lowest BCUT2D eigenvalue weighted by molar-refractivity contribution is 0.0584. The fraction of sp³-hybridized carbons (Fsp3) is 0.533. The van der Waals surface area contributed by atoms with E-state index in [1.54, 1.807) is 0 Å². The second-order valence-corrected chi connectivity index (χ2v) is 6.40. The fourth-order valence-corrected chi connectivity index (χ4v) is 3.44. The van der Waals surface area contributed by atoms with Gasteiger partial charge in [0.25, 0.3) is 5.91 Å². The summed E-state index contributed by atoms with van der Waals surface area (Å²) >= 11 is 3.42. The minimum atomic E-state index is 0.149. The third-order valence-electron chi connectivity index (χ3n) is 4.22. The monoisotopic (exact) mass is 337 g/mol. The molecule has 2 heterocycles. The van der Waals surface area contributed by atoms with Gasteiger partial charge in [-0.2, -0.15) is 0 Å². The van der Waals surface area contributed by atoms with E-state index in [1.165, 1.54) is 6.42 Å². The highest BCUT2D eigenvalue weighted by atomic mass is 79.9. The molecule has 5 heteroatoms. The average molecular weight is 338 g/mol. The SMILES string of the molecule is O=C(c1cccc(Br)c1)N1CCN(C2CCNC2)CC1. The number of benzene rings is 1. The molecule has 3 rings (SSSR count). The zero-order chi connectivity index (χ0) is 13.9. The van der Waals surface area contributed by atoms with E-state index in [1.807, 2.05) is 29.2 Å². The molecular formula is C15H20BrN3O. The predicted octanol–water partition coefficient (Wildman–Crippen LogP) is 1.57. The van der Waals surface area contributed by atoms with Crippen LogP contribution in [0, 0.1) is 0 Å². The molecule has 0 spiro atoms. The van der Waals surface area contributed by atoms with E-state index < -0.39 is 0 Å². The van der Waals surface area contributed by atoms with Crippen molar-refractivity contribution in [2.75, 3.05) is 39.3 Å². The maximum absolute atomic E-state index is 12.5. The molecule has 1 atom stereocenters. The maximum Gasteiger partial charge on any atom is 0.253 e. The first kappa shape index (κ1) is 14.0. The van der Waals surface area contributed by atoms with Crippen LogP contribution in [0.3, 0.4) is 0 Å². The number of amides is 1. The van der Waals surface area contributed by atoms with Crippen molar-refractivity contribution in [2.45, 2.75) is 12.5 Å². The van der Waals surface area contributed by atoms with E-state index in [0.29, 0.717) is 6.04 Å². The summed E-state index contributed by atoms with van der Waals surface area (Å²) in [7, 11) is 0. The van der Waals surface area contributed by atoms with Gasteiger partial charge in [0, 0.05) is 48.8 Å². The fourth-order valence-electron chi connectivity index (χ4n) is 3.05. The van der Waals surface area contributed by atoms with Crippen LogP contribution < -0.4 is 5.32 Å². The molecule has 108 valence electrons. The molecule has 1 unspecified atom stereocenters. The van der Waals surface area contributed by atoms with Gasteiger partial charge in [-0.15, -0.1) is 0 Å². The second-order valence-electron chi connectivity index (χ2n) is 5.49. The van der Waals surface area contributed by atoms with Gasteiger partial charge >= 0.3 is 0 Å². The summed E-state index contributed by atoms with van der Waals surface area (Å²) in [5.41, 5.74) is 0.773. The largest absolute Gasteiger partial charge is 0.336 e. The van der Waals surface area contributed by atoms with E-state index in [2.05, 4.69) is 26.1 Å². The van der Waals surface area contributed by atoms with Crippen LogP contribution in [0.5, 0.6) is 0 Å². The van der Waals surface area contributed by atoms with Gasteiger partial charge < -0.3 is 10.2 Å². The summed E-state index contributed by atoms with van der Waals surface area (Å²) in [6.45, 7) is 5.88. The van der Waals surface area contributed by atoms with Gasteiger partial charge in [-0.1, -0.05) is 22.0 Å². The Balaban J connectivity index is 1.58. The van der Waals surface area contributed by atoms with Gasteiger partial charge in [0.05, 0.1) is 0 Å². The first-order chi connectivity index (χ1) is 9.74. The lowest BCUT2D eigenvalue weighted by Gasteiger charge is -2.37. The van der Waals surface area contributed by atoms with E-state index in [9.17, 15) is 4.79 Å². The van der Waals surface area contributed by atoms with Crippen molar-refractivity contribution in [3.8, 4) is 0 Å². The number of carbonyl (C=O) groups is 1. The van der Waals surface area contributed by atoms with Crippen LogP contribution in [-0.4, -0.2) is 61.0 Å². The second kappa shape index (κ2) is 6.24. The Bertz CT molecular complexity index is 480. The van der Waals surface area contributed by atoms with Gasteiger partial charge in [-0.3, -0.25) is 9.69 Å². The van der Waals surface area contributed by atoms with Crippen LogP contribution in [-0.2, 0) is 0 Å². The van der Waals surface area contributed by atoms with Crippen LogP contribution >= 0.6 is 15.9 Å². The number of piperazine rings is 1. The maximum atomic E-state index is 12.5. The molecule has 1 amide bonds. The van der Waals surface area contributed by atoms with Gasteiger partial charge in [-0.25, -0.2) is 0 Å². The molecule has 2 fully saturated rings. The highest BCUT2D eigenvalue weighted by Crippen LogP contribution is 2.16. The van der Waals surface area contributed by atoms with E-state index in [-0.39, 0.29) is 5.91 Å². The van der Waals surface area contributed by atoms with Gasteiger partial charge in [0.2, 0.25) is 0 Å². The Kier molecular flexibility index (Phi) is 4.38. The number of hydrogen-bond donors (Lipinski definition) is 1. The topological polar surface area (TPSA) is 35.6 Å². The summed E-state index contributed by atoms with van der Waals surface area (Å²) in [6, 6.07) is 8.31. The van der Waals surface area contributed by atoms with Crippen LogP contribution in [0.15, 0.2) is 28.7 Å². The molecule has 2 saturated heterocycles. The molecule has 1 N–H and O–H groups in total. The number of halogens is 1. The smallest absolute Gasteiger partial charge is 0.253 e. The molecular weight excluding hydrogens is 318 g/mol. The summed E-state index contributed by atoms with van der Waals surface area (Å²) < 4.78 is 0.957. The van der Waals surface area contributed by atoms with Crippen LogP contribution in [0.1, 0.15) is 16.8 Å². The molecule has 1 aromatic carbocycles. The number of rotatable bonds is 2. The average Bonchev–Trinajstić information content (AvgIpc) is 3.01. The van der Waals surface area contributed by atoms with Crippen LogP contribution in [0.4, 0.5) is 0 Å². The van der Waals surface area contributed by atoms with Crippen molar-refractivity contribution in [3.05, 3.63) is 34.3 Å². The van der Waals surface area contributed by atoms with E-state index >= 15 is 0 Å². The predicted molar refractivity (Wildman–Crippen MR) is 82.9 cm³/mol. The summed E-state index contributed by atoms with van der Waals surface area (Å²) in [6.07, 6.45) is 1.24. The number of hydrogen-bond acceptors (Lipinski definition) is 3. The molecule has 0 aliphatic carbocycles. The van der Waals surface area contributed by atoms with Crippen molar-refractivity contribution in [2.24, 2.45) is 0 Å². The molecule has 0 radical (unpaired) electrons. The Morgan fingerprint density at radius 2 is 2.05 bits per heavy atom. The molecule has 2 aliphatic rings. The van der Waals surface area contributed by atoms with Crippen molar-refractivity contribution in [3.63, 3.8) is 0 Å². The first-order valence-corrected chi connectivity index (χ1v) is 8.03. The summed E-state index contributed by atoms with van der Waals surface area (Å²) in [5, 5.41) is 3.41. The molecule has 20 heavy (non-hydrogen) atoms. The molecule has 0 saturated carbocycles. The minimum Gasteiger partial charge on any atom is -0.336 e. The van der Waals surface area contributed by atoms with E-state index in [4.69, 9.17) is 0 Å². The Labute approximate surface area is 128 Å². The molecule has 0 bridgehead atoms. The third-order valence-corrected chi connectivity index (χ3v) is 4.72. The van der Waals surface area contributed by atoms with Gasteiger partial charge in [-0.05, 0) is 31.2 Å². The van der Waals surface area contributed by atoms with Crippen LogP contribution in [0.2, 0.25) is 0 Å².